The number of benzene rings is 2. The maximum Gasteiger partial charge on any atom is 0.264 e. The third kappa shape index (κ3) is 2.98. The maximum atomic E-state index is 13.5. The van der Waals surface area contributed by atoms with Gasteiger partial charge in [-0.15, -0.1) is 0 Å². The number of anilines is 1. The van der Waals surface area contributed by atoms with Crippen LogP contribution in [0.25, 0.3) is 0 Å². The van der Waals surface area contributed by atoms with Gasteiger partial charge in [-0.3, -0.25) is 4.72 Å². The first-order valence-electron chi connectivity index (χ1n) is 5.41. The van der Waals surface area contributed by atoms with Crippen LogP contribution in [-0.2, 0) is 10.0 Å². The molecule has 1 N–H and O–H groups in total. The Labute approximate surface area is 124 Å². The highest BCUT2D eigenvalue weighted by Crippen LogP contribution is 2.24. The first kappa shape index (κ1) is 14.5. The second-order valence-corrected chi connectivity index (χ2v) is 6.40. The van der Waals surface area contributed by atoms with Crippen molar-refractivity contribution in [2.45, 2.75) is 4.90 Å². The number of nitrogens with zero attached hydrogens (tertiary/aromatic N) is 1. The van der Waals surface area contributed by atoms with Crippen LogP contribution in [0.3, 0.4) is 0 Å². The van der Waals surface area contributed by atoms with Crippen molar-refractivity contribution >= 4 is 31.6 Å². The molecule has 0 heterocycles. The second kappa shape index (κ2) is 5.61. The molecule has 0 atom stereocenters. The van der Waals surface area contributed by atoms with E-state index < -0.39 is 20.7 Å². The number of nitriles is 1. The SMILES string of the molecule is N#Cc1cc(Br)ccc1NS(=O)(=O)c1ccccc1F. The number of rotatable bonds is 3. The molecule has 0 spiro atoms. The third-order valence-electron chi connectivity index (χ3n) is 2.47. The highest BCUT2D eigenvalue weighted by atomic mass is 79.9. The number of hydrogen-bond acceptors (Lipinski definition) is 3. The van der Waals surface area contributed by atoms with E-state index in [9.17, 15) is 12.8 Å². The average Bonchev–Trinajstić information content (AvgIpc) is 2.41. The summed E-state index contributed by atoms with van der Waals surface area (Å²) < 4.78 is 40.6. The highest BCUT2D eigenvalue weighted by Gasteiger charge is 2.19. The van der Waals surface area contributed by atoms with E-state index in [2.05, 4.69) is 20.7 Å². The van der Waals surface area contributed by atoms with E-state index in [1.165, 1.54) is 24.3 Å². The molecule has 0 unspecified atom stereocenters. The van der Waals surface area contributed by atoms with E-state index in [0.717, 1.165) is 12.1 Å². The van der Waals surface area contributed by atoms with Crippen LogP contribution in [0, 0.1) is 17.1 Å². The van der Waals surface area contributed by atoms with Gasteiger partial charge in [0.25, 0.3) is 10.0 Å². The summed E-state index contributed by atoms with van der Waals surface area (Å²) in [6, 6.07) is 11.4. The Hall–Kier alpha value is -1.91. The monoisotopic (exact) mass is 354 g/mol. The fourth-order valence-corrected chi connectivity index (χ4v) is 3.08. The van der Waals surface area contributed by atoms with Gasteiger partial charge in [0.15, 0.2) is 0 Å². The summed E-state index contributed by atoms with van der Waals surface area (Å²) in [5.41, 5.74) is 0.234. The Balaban J connectivity index is 2.45. The van der Waals surface area contributed by atoms with Gasteiger partial charge >= 0.3 is 0 Å². The van der Waals surface area contributed by atoms with Crippen LogP contribution in [0.4, 0.5) is 10.1 Å². The average molecular weight is 355 g/mol. The van der Waals surface area contributed by atoms with Crippen molar-refractivity contribution in [1.29, 1.82) is 5.26 Å². The lowest BCUT2D eigenvalue weighted by Gasteiger charge is -2.10. The van der Waals surface area contributed by atoms with Crippen molar-refractivity contribution in [3.8, 4) is 6.07 Å². The van der Waals surface area contributed by atoms with Gasteiger partial charge in [0, 0.05) is 4.47 Å². The zero-order valence-corrected chi connectivity index (χ0v) is 12.4. The Morgan fingerprint density at radius 1 is 1.20 bits per heavy atom. The molecule has 2 aromatic rings. The first-order valence-corrected chi connectivity index (χ1v) is 7.68. The molecule has 0 bridgehead atoms. The van der Waals surface area contributed by atoms with Crippen LogP contribution >= 0.6 is 15.9 Å². The van der Waals surface area contributed by atoms with Gasteiger partial charge in [0.05, 0.1) is 11.3 Å². The molecular formula is C13H8BrFN2O2S. The van der Waals surface area contributed by atoms with Gasteiger partial charge in [0.1, 0.15) is 16.8 Å². The Kier molecular flexibility index (Phi) is 4.06. The summed E-state index contributed by atoms with van der Waals surface area (Å²) >= 11 is 3.18. The zero-order chi connectivity index (χ0) is 14.8. The molecule has 0 aliphatic heterocycles. The molecule has 0 radical (unpaired) electrons. The van der Waals surface area contributed by atoms with E-state index >= 15 is 0 Å². The minimum atomic E-state index is -4.08. The predicted molar refractivity (Wildman–Crippen MR) is 76.1 cm³/mol. The minimum absolute atomic E-state index is 0.0963. The van der Waals surface area contributed by atoms with Crippen molar-refractivity contribution in [3.63, 3.8) is 0 Å². The standard InChI is InChI=1S/C13H8BrFN2O2S/c14-10-5-6-12(9(7-10)8-16)17-20(18,19)13-4-2-1-3-11(13)15/h1-7,17H. The van der Waals surface area contributed by atoms with Crippen LogP contribution in [0.1, 0.15) is 5.56 Å². The van der Waals surface area contributed by atoms with Crippen molar-refractivity contribution in [2.75, 3.05) is 4.72 Å². The molecular weight excluding hydrogens is 347 g/mol. The number of sulfonamides is 1. The lowest BCUT2D eigenvalue weighted by atomic mass is 10.2. The molecule has 7 heteroatoms. The molecule has 2 rings (SSSR count). The van der Waals surface area contributed by atoms with E-state index in [1.54, 1.807) is 6.07 Å². The summed E-state index contributed by atoms with van der Waals surface area (Å²) in [6.45, 7) is 0. The lowest BCUT2D eigenvalue weighted by molar-refractivity contribution is 0.570. The summed E-state index contributed by atoms with van der Waals surface area (Å²) in [4.78, 5) is -0.466. The maximum absolute atomic E-state index is 13.5. The van der Waals surface area contributed by atoms with E-state index in [-0.39, 0.29) is 11.3 Å². The third-order valence-corrected chi connectivity index (χ3v) is 4.36. The second-order valence-electron chi connectivity index (χ2n) is 3.84. The normalized spacial score (nSPS) is 10.8. The summed E-state index contributed by atoms with van der Waals surface area (Å²) in [5, 5.41) is 8.99. The van der Waals surface area contributed by atoms with Gasteiger partial charge in [0.2, 0.25) is 0 Å². The molecule has 0 fully saturated rings. The fraction of sp³-hybridized carbons (Fsp3) is 0. The molecule has 4 nitrogen and oxygen atoms in total. The molecule has 2 aromatic carbocycles. The van der Waals surface area contributed by atoms with Crippen LogP contribution in [-0.4, -0.2) is 8.42 Å². The minimum Gasteiger partial charge on any atom is -0.278 e. The predicted octanol–water partition coefficient (Wildman–Crippen LogP) is 3.26. The molecule has 102 valence electrons. The molecule has 0 aliphatic rings. The Bertz CT molecular complexity index is 800. The van der Waals surface area contributed by atoms with Gasteiger partial charge in [-0.2, -0.15) is 5.26 Å². The molecule has 0 aromatic heterocycles. The van der Waals surface area contributed by atoms with E-state index in [4.69, 9.17) is 5.26 Å². The zero-order valence-electron chi connectivity index (χ0n) is 9.97. The molecule has 0 saturated heterocycles. The van der Waals surface area contributed by atoms with Crippen molar-refractivity contribution in [1.82, 2.24) is 0 Å². The Morgan fingerprint density at radius 3 is 2.55 bits per heavy atom. The quantitative estimate of drug-likeness (QED) is 0.919. The van der Waals surface area contributed by atoms with Gasteiger partial charge in [-0.1, -0.05) is 28.1 Å². The topological polar surface area (TPSA) is 70.0 Å². The van der Waals surface area contributed by atoms with Crippen molar-refractivity contribution in [2.24, 2.45) is 0 Å². The highest BCUT2D eigenvalue weighted by molar-refractivity contribution is 9.10. The molecule has 20 heavy (non-hydrogen) atoms. The van der Waals surface area contributed by atoms with Gasteiger partial charge in [-0.05, 0) is 30.3 Å². The van der Waals surface area contributed by atoms with E-state index in [0.29, 0.717) is 4.47 Å². The van der Waals surface area contributed by atoms with Crippen LogP contribution in [0.2, 0.25) is 0 Å². The summed E-state index contributed by atoms with van der Waals surface area (Å²) in [5.74, 6) is -0.851. The van der Waals surface area contributed by atoms with Crippen molar-refractivity contribution in [3.05, 3.63) is 58.3 Å². The summed E-state index contributed by atoms with van der Waals surface area (Å²) in [7, 11) is -4.08. The lowest BCUT2D eigenvalue weighted by Crippen LogP contribution is -2.15. The Morgan fingerprint density at radius 2 is 1.90 bits per heavy atom. The first-order chi connectivity index (χ1) is 9.44. The van der Waals surface area contributed by atoms with Gasteiger partial charge in [-0.25, -0.2) is 12.8 Å². The number of halogens is 2. The smallest absolute Gasteiger partial charge is 0.264 e. The molecule has 0 aliphatic carbocycles. The van der Waals surface area contributed by atoms with E-state index in [1.807, 2.05) is 6.07 Å². The largest absolute Gasteiger partial charge is 0.278 e. The summed E-state index contributed by atoms with van der Waals surface area (Å²) in [6.07, 6.45) is 0. The molecule has 0 saturated carbocycles. The van der Waals surface area contributed by atoms with Crippen LogP contribution < -0.4 is 4.72 Å². The van der Waals surface area contributed by atoms with Crippen LogP contribution in [0.5, 0.6) is 0 Å². The van der Waals surface area contributed by atoms with Crippen LogP contribution in [0.15, 0.2) is 51.8 Å². The van der Waals surface area contributed by atoms with Crippen molar-refractivity contribution < 1.29 is 12.8 Å². The fourth-order valence-electron chi connectivity index (χ4n) is 1.56. The number of hydrogen-bond donors (Lipinski definition) is 1. The van der Waals surface area contributed by atoms with Gasteiger partial charge < -0.3 is 0 Å². The number of nitrogens with one attached hydrogen (secondary N) is 1. The molecule has 0 amide bonds.